The topological polar surface area (TPSA) is 50.4 Å². The Balaban J connectivity index is 2.41. The summed E-state index contributed by atoms with van der Waals surface area (Å²) in [5.74, 6) is -0.112. The third-order valence-corrected chi connectivity index (χ3v) is 2.29. The van der Waals surface area contributed by atoms with Gasteiger partial charge in [-0.1, -0.05) is 0 Å². The minimum absolute atomic E-state index is 0.509. The Kier molecular flexibility index (Phi) is 1.93. The maximum atomic E-state index is 10.8. The molecule has 0 radical (unpaired) electrons. The molecule has 3 heteroatoms. The Morgan fingerprint density at radius 1 is 1.46 bits per heavy atom. The molecular weight excluding hydrogens is 168 g/mol. The fourth-order valence-electron chi connectivity index (χ4n) is 1.70. The summed E-state index contributed by atoms with van der Waals surface area (Å²) in [6.07, 6.45) is 3.96. The second-order valence-electron chi connectivity index (χ2n) is 3.09. The fraction of sp³-hybridized carbons (Fsp3) is 0.300. The lowest BCUT2D eigenvalue weighted by Gasteiger charge is -1.98. The Labute approximate surface area is 75.7 Å². The summed E-state index contributed by atoms with van der Waals surface area (Å²) in [5, 5.41) is 8.88. The van der Waals surface area contributed by atoms with Gasteiger partial charge in [-0.15, -0.1) is 0 Å². The molecule has 0 amide bonds. The van der Waals surface area contributed by atoms with Crippen LogP contribution in [-0.2, 0) is 4.79 Å². The molecule has 0 bridgehead atoms. The smallest absolute Gasteiger partial charge is 0.331 e. The van der Waals surface area contributed by atoms with E-state index >= 15 is 0 Å². The summed E-state index contributed by atoms with van der Waals surface area (Å²) >= 11 is 0. The minimum Gasteiger partial charge on any atom is -0.478 e. The van der Waals surface area contributed by atoms with Gasteiger partial charge < -0.3 is 9.52 Å². The number of carboxylic acid groups (broad SMARTS) is 1. The number of allylic oxidation sites excluding steroid dienone is 1. The molecule has 0 unspecified atom stereocenters. The molecule has 0 spiro atoms. The molecule has 0 atom stereocenters. The lowest BCUT2D eigenvalue weighted by atomic mass is 10.1. The van der Waals surface area contributed by atoms with Crippen molar-refractivity contribution in [1.82, 2.24) is 0 Å². The van der Waals surface area contributed by atoms with Gasteiger partial charge >= 0.3 is 5.97 Å². The summed E-state index contributed by atoms with van der Waals surface area (Å²) in [6.45, 7) is 0. The third kappa shape index (κ3) is 1.37. The number of hydrogen-bond acceptors (Lipinski definition) is 2. The van der Waals surface area contributed by atoms with Crippen LogP contribution in [-0.4, -0.2) is 11.1 Å². The van der Waals surface area contributed by atoms with Gasteiger partial charge in [0, 0.05) is 11.1 Å². The van der Waals surface area contributed by atoms with Crippen molar-refractivity contribution in [1.29, 1.82) is 0 Å². The van der Waals surface area contributed by atoms with E-state index in [1.54, 1.807) is 12.3 Å². The fourth-order valence-corrected chi connectivity index (χ4v) is 1.70. The van der Waals surface area contributed by atoms with Crippen LogP contribution in [0.5, 0.6) is 0 Å². The highest BCUT2D eigenvalue weighted by molar-refractivity contribution is 5.96. The maximum absolute atomic E-state index is 10.8. The summed E-state index contributed by atoms with van der Waals surface area (Å²) in [7, 11) is 0. The summed E-state index contributed by atoms with van der Waals surface area (Å²) < 4.78 is 5.18. The van der Waals surface area contributed by atoms with Gasteiger partial charge in [0.15, 0.2) is 0 Å². The van der Waals surface area contributed by atoms with E-state index in [0.29, 0.717) is 17.8 Å². The molecule has 1 aromatic heterocycles. The van der Waals surface area contributed by atoms with E-state index in [1.165, 1.54) is 0 Å². The van der Waals surface area contributed by atoms with Gasteiger partial charge in [-0.25, -0.2) is 4.79 Å². The summed E-state index contributed by atoms with van der Waals surface area (Å²) in [4.78, 5) is 10.8. The highest BCUT2D eigenvalue weighted by Crippen LogP contribution is 2.33. The van der Waals surface area contributed by atoms with E-state index in [1.807, 2.05) is 6.07 Å². The van der Waals surface area contributed by atoms with Gasteiger partial charge in [0.1, 0.15) is 5.76 Å². The number of carbonyl (C=O) groups is 1. The number of rotatable bonds is 2. The van der Waals surface area contributed by atoms with E-state index in [4.69, 9.17) is 9.52 Å². The van der Waals surface area contributed by atoms with Crippen LogP contribution >= 0.6 is 0 Å². The molecule has 0 aromatic carbocycles. The van der Waals surface area contributed by atoms with Crippen LogP contribution in [0.1, 0.15) is 25.0 Å². The first-order valence-corrected chi connectivity index (χ1v) is 4.28. The highest BCUT2D eigenvalue weighted by atomic mass is 16.4. The largest absolute Gasteiger partial charge is 0.478 e. The molecular formula is C10H10O3. The average Bonchev–Trinajstić information content (AvgIpc) is 2.74. The van der Waals surface area contributed by atoms with E-state index in [-0.39, 0.29) is 0 Å². The standard InChI is InChI=1S/C10H10O3/c11-10(12)8-4-1-3-7(8)9-5-2-6-13-9/h2,5-6H,1,3-4H2,(H,11,12). The van der Waals surface area contributed by atoms with Gasteiger partial charge in [-0.05, 0) is 31.4 Å². The van der Waals surface area contributed by atoms with E-state index < -0.39 is 5.97 Å². The van der Waals surface area contributed by atoms with E-state index in [2.05, 4.69) is 0 Å². The third-order valence-electron chi connectivity index (χ3n) is 2.29. The molecule has 0 saturated heterocycles. The molecule has 1 aliphatic rings. The van der Waals surface area contributed by atoms with Gasteiger partial charge in [-0.3, -0.25) is 0 Å². The number of hydrogen-bond donors (Lipinski definition) is 1. The minimum atomic E-state index is -0.816. The molecule has 1 N–H and O–H groups in total. The van der Waals surface area contributed by atoms with Gasteiger partial charge in [0.05, 0.1) is 6.26 Å². The van der Waals surface area contributed by atoms with Crippen molar-refractivity contribution in [3.63, 3.8) is 0 Å². The quantitative estimate of drug-likeness (QED) is 0.755. The Hall–Kier alpha value is -1.51. The van der Waals surface area contributed by atoms with E-state index in [9.17, 15) is 4.79 Å². The van der Waals surface area contributed by atoms with Crippen LogP contribution in [0.15, 0.2) is 28.4 Å². The van der Waals surface area contributed by atoms with Crippen molar-refractivity contribution in [2.24, 2.45) is 0 Å². The second kappa shape index (κ2) is 3.09. The Morgan fingerprint density at radius 3 is 2.92 bits per heavy atom. The summed E-state index contributed by atoms with van der Waals surface area (Å²) in [5.41, 5.74) is 1.37. The zero-order valence-corrected chi connectivity index (χ0v) is 7.12. The Bertz CT molecular complexity index is 346. The zero-order valence-electron chi connectivity index (χ0n) is 7.12. The molecule has 0 aliphatic heterocycles. The number of furan rings is 1. The lowest BCUT2D eigenvalue weighted by molar-refractivity contribution is -0.132. The molecule has 13 heavy (non-hydrogen) atoms. The predicted molar refractivity (Wildman–Crippen MR) is 47.1 cm³/mol. The molecule has 1 aliphatic carbocycles. The second-order valence-corrected chi connectivity index (χ2v) is 3.09. The van der Waals surface area contributed by atoms with Crippen LogP contribution < -0.4 is 0 Å². The average molecular weight is 178 g/mol. The van der Waals surface area contributed by atoms with E-state index in [0.717, 1.165) is 18.4 Å². The zero-order chi connectivity index (χ0) is 9.26. The molecule has 3 nitrogen and oxygen atoms in total. The molecule has 0 fully saturated rings. The van der Waals surface area contributed by atoms with Crippen LogP contribution in [0, 0.1) is 0 Å². The van der Waals surface area contributed by atoms with Gasteiger partial charge in [0.25, 0.3) is 0 Å². The molecule has 0 saturated carbocycles. The Morgan fingerprint density at radius 2 is 2.31 bits per heavy atom. The first-order chi connectivity index (χ1) is 6.29. The van der Waals surface area contributed by atoms with Gasteiger partial charge in [0.2, 0.25) is 0 Å². The predicted octanol–water partition coefficient (Wildman–Crippen LogP) is 2.30. The van der Waals surface area contributed by atoms with Crippen LogP contribution in [0.3, 0.4) is 0 Å². The molecule has 1 heterocycles. The number of aliphatic carboxylic acids is 1. The van der Waals surface area contributed by atoms with Crippen molar-refractivity contribution in [3.8, 4) is 0 Å². The SMILES string of the molecule is O=C(O)C1=C(c2ccco2)CCC1. The van der Waals surface area contributed by atoms with Gasteiger partial charge in [-0.2, -0.15) is 0 Å². The highest BCUT2D eigenvalue weighted by Gasteiger charge is 2.22. The maximum Gasteiger partial charge on any atom is 0.331 e. The molecule has 1 aromatic rings. The number of carboxylic acids is 1. The first-order valence-electron chi connectivity index (χ1n) is 4.28. The van der Waals surface area contributed by atoms with Crippen LogP contribution in [0.2, 0.25) is 0 Å². The molecule has 68 valence electrons. The normalized spacial score (nSPS) is 16.6. The first kappa shape index (κ1) is 8.10. The van der Waals surface area contributed by atoms with Crippen molar-refractivity contribution in [2.75, 3.05) is 0 Å². The van der Waals surface area contributed by atoms with Crippen LogP contribution in [0.4, 0.5) is 0 Å². The van der Waals surface area contributed by atoms with Crippen molar-refractivity contribution in [3.05, 3.63) is 29.7 Å². The lowest BCUT2D eigenvalue weighted by Crippen LogP contribution is -1.99. The molecule has 2 rings (SSSR count). The van der Waals surface area contributed by atoms with Crippen LogP contribution in [0.25, 0.3) is 5.57 Å². The monoisotopic (exact) mass is 178 g/mol. The summed E-state index contributed by atoms with van der Waals surface area (Å²) in [6, 6.07) is 3.59. The van der Waals surface area contributed by atoms with Crippen molar-refractivity contribution in [2.45, 2.75) is 19.3 Å². The van der Waals surface area contributed by atoms with Crippen molar-refractivity contribution < 1.29 is 14.3 Å². The van der Waals surface area contributed by atoms with Crippen molar-refractivity contribution >= 4 is 11.5 Å².